The molecule has 1 saturated heterocycles. The lowest BCUT2D eigenvalue weighted by Crippen LogP contribution is -2.41. The lowest BCUT2D eigenvalue weighted by molar-refractivity contribution is -0.236. The van der Waals surface area contributed by atoms with E-state index in [4.69, 9.17) is 9.47 Å². The molecule has 3 rings (SSSR count). The topological polar surface area (TPSA) is 18.5 Å². The van der Waals surface area contributed by atoms with Crippen LogP contribution in [0.4, 0.5) is 8.78 Å². The zero-order chi connectivity index (χ0) is 17.6. The average Bonchev–Trinajstić information content (AvgIpc) is 2.63. The van der Waals surface area contributed by atoms with Gasteiger partial charge in [-0.25, -0.2) is 0 Å². The molecular formula is C21H32F2O2. The van der Waals surface area contributed by atoms with Crippen molar-refractivity contribution in [3.05, 3.63) is 24.3 Å². The van der Waals surface area contributed by atoms with Gasteiger partial charge < -0.3 is 9.47 Å². The fraction of sp³-hybridized carbons (Fsp3) is 0.810. The van der Waals surface area contributed by atoms with Gasteiger partial charge in [0.25, 0.3) is 6.08 Å². The van der Waals surface area contributed by atoms with Crippen molar-refractivity contribution in [2.45, 2.75) is 64.6 Å². The minimum Gasteiger partial charge on any atom is -0.352 e. The summed E-state index contributed by atoms with van der Waals surface area (Å²) in [7, 11) is 0. The maximum absolute atomic E-state index is 12.4. The molecular weight excluding hydrogens is 322 g/mol. The molecule has 3 aliphatic rings. The summed E-state index contributed by atoms with van der Waals surface area (Å²) in [6.07, 6.45) is 12.7. The highest BCUT2D eigenvalue weighted by Gasteiger charge is 2.35. The molecule has 25 heavy (non-hydrogen) atoms. The van der Waals surface area contributed by atoms with Crippen molar-refractivity contribution in [3.63, 3.8) is 0 Å². The van der Waals surface area contributed by atoms with Crippen molar-refractivity contribution in [1.82, 2.24) is 0 Å². The van der Waals surface area contributed by atoms with Crippen LogP contribution in [0.1, 0.15) is 58.3 Å². The largest absolute Gasteiger partial charge is 0.352 e. The third kappa shape index (κ3) is 5.37. The molecule has 4 heteroatoms. The average molecular weight is 354 g/mol. The predicted octanol–water partition coefficient (Wildman–Crippen LogP) is 5.94. The standard InChI is InChI=1S/C21H32F2O2/c1-2-3-15-4-10-18(11-5-15)21-24-13-19(14-25-21)17-8-6-16(7-9-17)12-20(22)23/h2-3,12,15-19,21H,4-11,13-14H2,1H3/b3-2+. The Labute approximate surface area is 150 Å². The highest BCUT2D eigenvalue weighted by Crippen LogP contribution is 2.39. The number of halogens is 2. The van der Waals surface area contributed by atoms with E-state index in [1.54, 1.807) is 0 Å². The van der Waals surface area contributed by atoms with Gasteiger partial charge in [0.1, 0.15) is 0 Å². The first-order valence-corrected chi connectivity index (χ1v) is 10.0. The molecule has 0 aromatic carbocycles. The van der Waals surface area contributed by atoms with E-state index in [2.05, 4.69) is 19.1 Å². The first-order valence-electron chi connectivity index (χ1n) is 10.0. The minimum atomic E-state index is -1.53. The van der Waals surface area contributed by atoms with Crippen molar-refractivity contribution >= 4 is 0 Å². The van der Waals surface area contributed by atoms with Gasteiger partial charge in [0.15, 0.2) is 6.29 Å². The maximum atomic E-state index is 12.4. The number of hydrogen-bond donors (Lipinski definition) is 0. The fourth-order valence-corrected chi connectivity index (χ4v) is 4.92. The summed E-state index contributed by atoms with van der Waals surface area (Å²) >= 11 is 0. The van der Waals surface area contributed by atoms with Crippen LogP contribution in [0.2, 0.25) is 0 Å². The maximum Gasteiger partial charge on any atom is 0.266 e. The fourth-order valence-electron chi connectivity index (χ4n) is 4.92. The number of hydrogen-bond acceptors (Lipinski definition) is 2. The van der Waals surface area contributed by atoms with Gasteiger partial charge in [-0.3, -0.25) is 0 Å². The molecule has 0 aromatic rings. The molecule has 0 N–H and O–H groups in total. The Bertz CT molecular complexity index is 449. The SMILES string of the molecule is C/C=C/C1CCC(C2OCC(C3CCC(C=C(F)F)CC3)CO2)CC1. The van der Waals surface area contributed by atoms with E-state index in [-0.39, 0.29) is 12.2 Å². The molecule has 0 radical (unpaired) electrons. The Morgan fingerprint density at radius 3 is 1.88 bits per heavy atom. The van der Waals surface area contributed by atoms with Crippen molar-refractivity contribution in [2.75, 3.05) is 13.2 Å². The lowest BCUT2D eigenvalue weighted by atomic mass is 9.76. The molecule has 0 unspecified atom stereocenters. The van der Waals surface area contributed by atoms with Crippen LogP contribution < -0.4 is 0 Å². The first-order chi connectivity index (χ1) is 12.2. The second-order valence-electron chi connectivity index (χ2n) is 8.13. The van der Waals surface area contributed by atoms with Crippen LogP contribution in [0.15, 0.2) is 24.3 Å². The first kappa shape index (κ1) is 19.0. The zero-order valence-corrected chi connectivity index (χ0v) is 15.3. The summed E-state index contributed by atoms with van der Waals surface area (Å²) in [6.45, 7) is 3.65. The number of rotatable bonds is 4. The van der Waals surface area contributed by atoms with Crippen LogP contribution >= 0.6 is 0 Å². The van der Waals surface area contributed by atoms with Crippen LogP contribution in [0, 0.1) is 29.6 Å². The second kappa shape index (κ2) is 9.27. The predicted molar refractivity (Wildman–Crippen MR) is 95.2 cm³/mol. The van der Waals surface area contributed by atoms with Gasteiger partial charge in [-0.05, 0) is 82.1 Å². The molecule has 1 aliphatic heterocycles. The van der Waals surface area contributed by atoms with E-state index < -0.39 is 6.08 Å². The molecule has 2 nitrogen and oxygen atoms in total. The monoisotopic (exact) mass is 354 g/mol. The van der Waals surface area contributed by atoms with Gasteiger partial charge in [-0.15, -0.1) is 0 Å². The van der Waals surface area contributed by atoms with Crippen molar-refractivity contribution in [3.8, 4) is 0 Å². The Morgan fingerprint density at radius 2 is 1.32 bits per heavy atom. The quantitative estimate of drug-likeness (QED) is 0.581. The van der Waals surface area contributed by atoms with Crippen LogP contribution in [0.5, 0.6) is 0 Å². The summed E-state index contributed by atoms with van der Waals surface area (Å²) in [6, 6.07) is 0. The highest BCUT2D eigenvalue weighted by molar-refractivity contribution is 4.92. The molecule has 3 fully saturated rings. The van der Waals surface area contributed by atoms with Gasteiger partial charge >= 0.3 is 0 Å². The Kier molecular flexibility index (Phi) is 7.06. The van der Waals surface area contributed by atoms with E-state index in [0.717, 1.165) is 50.9 Å². The van der Waals surface area contributed by atoms with Gasteiger partial charge in [-0.1, -0.05) is 12.2 Å². The van der Waals surface area contributed by atoms with Crippen LogP contribution in [0.25, 0.3) is 0 Å². The minimum absolute atomic E-state index is 0.0253. The van der Waals surface area contributed by atoms with E-state index in [9.17, 15) is 8.78 Å². The van der Waals surface area contributed by atoms with Crippen LogP contribution in [0.3, 0.4) is 0 Å². The molecule has 0 aromatic heterocycles. The Morgan fingerprint density at radius 1 is 0.760 bits per heavy atom. The van der Waals surface area contributed by atoms with E-state index in [1.807, 2.05) is 0 Å². The third-order valence-corrected chi connectivity index (χ3v) is 6.46. The lowest BCUT2D eigenvalue weighted by Gasteiger charge is -2.40. The van der Waals surface area contributed by atoms with Crippen molar-refractivity contribution in [2.24, 2.45) is 29.6 Å². The molecule has 0 amide bonds. The van der Waals surface area contributed by atoms with E-state index in [1.165, 1.54) is 25.7 Å². The molecule has 142 valence electrons. The normalized spacial score (nSPS) is 40.1. The number of allylic oxidation sites excluding steroid dienone is 3. The van der Waals surface area contributed by atoms with Gasteiger partial charge in [-0.2, -0.15) is 8.78 Å². The Balaban J connectivity index is 1.39. The van der Waals surface area contributed by atoms with Gasteiger partial charge in [0.2, 0.25) is 0 Å². The molecule has 1 heterocycles. The summed E-state index contributed by atoms with van der Waals surface area (Å²) in [5.74, 6) is 2.34. The molecule has 0 spiro atoms. The highest BCUT2D eigenvalue weighted by atomic mass is 19.3. The second-order valence-corrected chi connectivity index (χ2v) is 8.13. The molecule has 0 atom stereocenters. The molecule has 2 saturated carbocycles. The van der Waals surface area contributed by atoms with Crippen molar-refractivity contribution < 1.29 is 18.3 Å². The van der Waals surface area contributed by atoms with E-state index >= 15 is 0 Å². The third-order valence-electron chi connectivity index (χ3n) is 6.46. The number of ether oxygens (including phenoxy) is 2. The Hall–Kier alpha value is -0.740. The van der Waals surface area contributed by atoms with Gasteiger partial charge in [0, 0.05) is 11.8 Å². The van der Waals surface area contributed by atoms with Crippen molar-refractivity contribution in [1.29, 1.82) is 0 Å². The van der Waals surface area contributed by atoms with Crippen LogP contribution in [-0.4, -0.2) is 19.5 Å². The summed E-state index contributed by atoms with van der Waals surface area (Å²) in [4.78, 5) is 0. The summed E-state index contributed by atoms with van der Waals surface area (Å²) < 4.78 is 36.9. The van der Waals surface area contributed by atoms with Gasteiger partial charge in [0.05, 0.1) is 13.2 Å². The van der Waals surface area contributed by atoms with Crippen LogP contribution in [-0.2, 0) is 9.47 Å². The molecule has 0 bridgehead atoms. The summed E-state index contributed by atoms with van der Waals surface area (Å²) in [5, 5.41) is 0. The van der Waals surface area contributed by atoms with E-state index in [0.29, 0.717) is 17.8 Å². The summed E-state index contributed by atoms with van der Waals surface area (Å²) in [5.41, 5.74) is 0. The smallest absolute Gasteiger partial charge is 0.266 e. The zero-order valence-electron chi connectivity index (χ0n) is 15.3. The molecule has 2 aliphatic carbocycles.